The van der Waals surface area contributed by atoms with Gasteiger partial charge in [-0.05, 0) is 18.6 Å². The average Bonchev–Trinajstić information content (AvgIpc) is 2.54. The third-order valence-electron chi connectivity index (χ3n) is 4.92. The lowest BCUT2D eigenvalue weighted by Gasteiger charge is -2.47. The molecule has 122 valence electrons. The fraction of sp³-hybridized carbons (Fsp3) is 0.529. The summed E-state index contributed by atoms with van der Waals surface area (Å²) in [4.78, 5) is 27.3. The third kappa shape index (κ3) is 2.37. The normalized spacial score (nSPS) is 32.6. The Morgan fingerprint density at radius 1 is 1.30 bits per heavy atom. The molecular formula is C17H20N2O4. The summed E-state index contributed by atoms with van der Waals surface area (Å²) in [5, 5.41) is 2.90. The Labute approximate surface area is 134 Å². The van der Waals surface area contributed by atoms with Crippen LogP contribution in [0.3, 0.4) is 0 Å². The quantitative estimate of drug-likeness (QED) is 0.781. The van der Waals surface area contributed by atoms with Crippen LogP contribution in [0.25, 0.3) is 0 Å². The molecule has 3 aliphatic rings. The monoisotopic (exact) mass is 316 g/mol. The molecule has 0 aliphatic carbocycles. The van der Waals surface area contributed by atoms with Crippen LogP contribution in [0.2, 0.25) is 0 Å². The van der Waals surface area contributed by atoms with E-state index in [4.69, 9.17) is 9.47 Å². The summed E-state index contributed by atoms with van der Waals surface area (Å²) in [5.41, 5.74) is 0.212. The second-order valence-corrected chi connectivity index (χ2v) is 6.59. The molecule has 0 saturated carbocycles. The zero-order valence-corrected chi connectivity index (χ0v) is 13.1. The van der Waals surface area contributed by atoms with E-state index in [0.717, 1.165) is 11.3 Å². The number of hydrogen-bond acceptors (Lipinski definition) is 4. The minimum absolute atomic E-state index is 0.102. The molecule has 6 nitrogen and oxygen atoms in total. The molecule has 0 radical (unpaired) electrons. The van der Waals surface area contributed by atoms with E-state index < -0.39 is 11.6 Å². The highest BCUT2D eigenvalue weighted by atomic mass is 16.5. The summed E-state index contributed by atoms with van der Waals surface area (Å²) in [6, 6.07) is 7.68. The van der Waals surface area contributed by atoms with Gasteiger partial charge in [-0.25, -0.2) is 0 Å². The molecule has 3 aliphatic heterocycles. The highest BCUT2D eigenvalue weighted by Gasteiger charge is 2.52. The van der Waals surface area contributed by atoms with Gasteiger partial charge in [0.05, 0.1) is 13.2 Å². The Kier molecular flexibility index (Phi) is 3.30. The van der Waals surface area contributed by atoms with E-state index in [1.807, 2.05) is 31.2 Å². The van der Waals surface area contributed by atoms with Crippen molar-refractivity contribution in [2.24, 2.45) is 5.92 Å². The van der Waals surface area contributed by atoms with Crippen molar-refractivity contribution in [1.82, 2.24) is 10.2 Å². The van der Waals surface area contributed by atoms with Crippen molar-refractivity contribution >= 4 is 11.8 Å². The number of nitrogens with one attached hydrogen (secondary N) is 1. The lowest BCUT2D eigenvalue weighted by Crippen LogP contribution is -2.63. The second kappa shape index (κ2) is 5.23. The standard InChI is InChI=1S/C17H20N2O4/c1-17-10-12(11-4-2-3-5-13(11)23-17)14(15(20)18-17)16(21)19-6-8-22-9-7-19/h2-5,12,14H,6-10H2,1H3,(H,18,20)/t12-,14-,17+/m0/s1. The number of benzene rings is 1. The van der Waals surface area contributed by atoms with Crippen molar-refractivity contribution in [2.75, 3.05) is 26.3 Å². The predicted molar refractivity (Wildman–Crippen MR) is 81.9 cm³/mol. The van der Waals surface area contributed by atoms with Gasteiger partial charge >= 0.3 is 0 Å². The molecule has 4 rings (SSSR count). The molecule has 1 aromatic carbocycles. The van der Waals surface area contributed by atoms with Crippen LogP contribution in [0.4, 0.5) is 0 Å². The summed E-state index contributed by atoms with van der Waals surface area (Å²) < 4.78 is 11.3. The molecule has 1 N–H and O–H groups in total. The van der Waals surface area contributed by atoms with Gasteiger partial charge in [-0.15, -0.1) is 0 Å². The summed E-state index contributed by atoms with van der Waals surface area (Å²) in [6.45, 7) is 4.02. The lowest BCUT2D eigenvalue weighted by atomic mass is 9.74. The maximum absolute atomic E-state index is 12.9. The summed E-state index contributed by atoms with van der Waals surface area (Å²) >= 11 is 0. The minimum Gasteiger partial charge on any atom is -0.468 e. The van der Waals surface area contributed by atoms with Crippen LogP contribution in [0.15, 0.2) is 24.3 Å². The van der Waals surface area contributed by atoms with E-state index in [1.165, 1.54) is 0 Å². The second-order valence-electron chi connectivity index (χ2n) is 6.59. The number of rotatable bonds is 1. The number of nitrogens with zero attached hydrogens (tertiary/aromatic N) is 1. The smallest absolute Gasteiger partial charge is 0.236 e. The molecule has 2 saturated heterocycles. The number of hydrogen-bond donors (Lipinski definition) is 1. The number of piperidine rings is 1. The topological polar surface area (TPSA) is 67.9 Å². The third-order valence-corrected chi connectivity index (χ3v) is 4.92. The Hall–Kier alpha value is -2.08. The predicted octanol–water partition coefficient (Wildman–Crippen LogP) is 0.874. The van der Waals surface area contributed by atoms with Crippen molar-refractivity contribution in [3.63, 3.8) is 0 Å². The summed E-state index contributed by atoms with van der Waals surface area (Å²) in [7, 11) is 0. The van der Waals surface area contributed by atoms with Crippen LogP contribution in [-0.2, 0) is 14.3 Å². The van der Waals surface area contributed by atoms with E-state index in [1.54, 1.807) is 4.90 Å². The maximum atomic E-state index is 12.9. The number of carbonyl (C=O) groups is 2. The molecule has 3 atom stereocenters. The largest absolute Gasteiger partial charge is 0.468 e. The first-order chi connectivity index (χ1) is 11.1. The summed E-state index contributed by atoms with van der Waals surface area (Å²) in [6.07, 6.45) is 0.608. The molecule has 23 heavy (non-hydrogen) atoms. The number of fused-ring (bicyclic) bond motifs is 4. The van der Waals surface area contributed by atoms with Gasteiger partial charge in [-0.2, -0.15) is 0 Å². The maximum Gasteiger partial charge on any atom is 0.236 e. The van der Waals surface area contributed by atoms with Gasteiger partial charge in [-0.3, -0.25) is 9.59 Å². The molecule has 2 bridgehead atoms. The molecule has 6 heteroatoms. The van der Waals surface area contributed by atoms with Crippen LogP contribution in [-0.4, -0.2) is 48.7 Å². The van der Waals surface area contributed by atoms with E-state index in [0.29, 0.717) is 32.7 Å². The van der Waals surface area contributed by atoms with Gasteiger partial charge in [0.2, 0.25) is 11.8 Å². The van der Waals surface area contributed by atoms with Crippen LogP contribution in [0, 0.1) is 5.92 Å². The fourth-order valence-electron chi connectivity index (χ4n) is 3.85. The summed E-state index contributed by atoms with van der Waals surface area (Å²) in [5.74, 6) is -0.421. The number of para-hydroxylation sites is 1. The van der Waals surface area contributed by atoms with Crippen LogP contribution < -0.4 is 10.1 Å². The van der Waals surface area contributed by atoms with E-state index in [2.05, 4.69) is 5.32 Å². The first kappa shape index (κ1) is 14.5. The van der Waals surface area contributed by atoms with Crippen molar-refractivity contribution in [3.8, 4) is 5.75 Å². The zero-order valence-electron chi connectivity index (χ0n) is 13.1. The first-order valence-electron chi connectivity index (χ1n) is 8.04. The number of morpholine rings is 1. The Bertz CT molecular complexity index is 656. The molecule has 1 aromatic rings. The van der Waals surface area contributed by atoms with Crippen molar-refractivity contribution in [3.05, 3.63) is 29.8 Å². The molecular weight excluding hydrogens is 296 g/mol. The first-order valence-corrected chi connectivity index (χ1v) is 8.04. The van der Waals surface area contributed by atoms with Crippen molar-refractivity contribution < 1.29 is 19.1 Å². The fourth-order valence-corrected chi connectivity index (χ4v) is 3.85. The molecule has 3 heterocycles. The molecule has 0 unspecified atom stereocenters. The Morgan fingerprint density at radius 3 is 2.83 bits per heavy atom. The Morgan fingerprint density at radius 2 is 2.04 bits per heavy atom. The molecule has 0 spiro atoms. The van der Waals surface area contributed by atoms with Gasteiger partial charge in [0, 0.05) is 25.4 Å². The molecule has 2 fully saturated rings. The Balaban J connectivity index is 1.70. The number of ether oxygens (including phenoxy) is 2. The van der Waals surface area contributed by atoms with Gasteiger partial charge in [0.1, 0.15) is 11.7 Å². The van der Waals surface area contributed by atoms with Crippen LogP contribution in [0.1, 0.15) is 24.8 Å². The molecule has 0 aromatic heterocycles. The highest BCUT2D eigenvalue weighted by molar-refractivity contribution is 6.02. The van der Waals surface area contributed by atoms with Crippen LogP contribution in [0.5, 0.6) is 5.75 Å². The van der Waals surface area contributed by atoms with Gasteiger partial charge in [0.25, 0.3) is 0 Å². The van der Waals surface area contributed by atoms with Crippen LogP contribution >= 0.6 is 0 Å². The number of amides is 2. The van der Waals surface area contributed by atoms with Gasteiger partial charge < -0.3 is 19.7 Å². The molecule has 2 amide bonds. The SMILES string of the molecule is C[C@]12C[C@@H](c3ccccc3O1)[C@H](C(=O)N1CCOCC1)C(=O)N2. The van der Waals surface area contributed by atoms with Crippen molar-refractivity contribution in [2.45, 2.75) is 25.0 Å². The van der Waals surface area contributed by atoms with Gasteiger partial charge in [0.15, 0.2) is 5.72 Å². The highest BCUT2D eigenvalue weighted by Crippen LogP contribution is 2.46. The zero-order chi connectivity index (χ0) is 16.0. The van der Waals surface area contributed by atoms with E-state index >= 15 is 0 Å². The number of carbonyl (C=O) groups excluding carboxylic acids is 2. The van der Waals surface area contributed by atoms with Crippen molar-refractivity contribution in [1.29, 1.82) is 0 Å². The van der Waals surface area contributed by atoms with E-state index in [-0.39, 0.29) is 17.7 Å². The minimum atomic E-state index is -0.738. The van der Waals surface area contributed by atoms with Gasteiger partial charge in [-0.1, -0.05) is 18.2 Å². The van der Waals surface area contributed by atoms with E-state index in [9.17, 15) is 9.59 Å². The average molecular weight is 316 g/mol. The lowest BCUT2D eigenvalue weighted by molar-refractivity contribution is -0.154.